The van der Waals surface area contributed by atoms with E-state index in [9.17, 15) is 43.2 Å². The van der Waals surface area contributed by atoms with Crippen molar-refractivity contribution in [3.63, 3.8) is 0 Å². The van der Waals surface area contributed by atoms with Gasteiger partial charge in [0, 0.05) is 25.7 Å². The number of hydrogen-bond donors (Lipinski definition) is 3. The summed E-state index contributed by atoms with van der Waals surface area (Å²) < 4.78 is 68.0. The summed E-state index contributed by atoms with van der Waals surface area (Å²) in [6.45, 7) is 7.12. The van der Waals surface area contributed by atoms with E-state index in [1.165, 1.54) is 148 Å². The average molecular weight is 1240 g/mol. The Kier molecular flexibility index (Phi) is 57.4. The van der Waals surface area contributed by atoms with Crippen LogP contribution in [-0.2, 0) is 65.4 Å². The van der Waals surface area contributed by atoms with Crippen LogP contribution in [0.4, 0.5) is 0 Å². The summed E-state index contributed by atoms with van der Waals surface area (Å²) in [7, 11) is -9.88. The topological polar surface area (TPSA) is 237 Å². The van der Waals surface area contributed by atoms with Crippen LogP contribution < -0.4 is 0 Å². The lowest BCUT2D eigenvalue weighted by Crippen LogP contribution is -2.30. The van der Waals surface area contributed by atoms with Crippen molar-refractivity contribution in [2.75, 3.05) is 39.6 Å². The maximum Gasteiger partial charge on any atom is 0.472 e. The van der Waals surface area contributed by atoms with Crippen LogP contribution in [0, 0.1) is 5.92 Å². The fourth-order valence-electron chi connectivity index (χ4n) is 9.76. The molecule has 0 bridgehead atoms. The van der Waals surface area contributed by atoms with E-state index >= 15 is 0 Å². The number of carbonyl (C=O) groups is 4. The van der Waals surface area contributed by atoms with Crippen molar-refractivity contribution < 1.29 is 80.2 Å². The maximum atomic E-state index is 13.0. The number of rotatable bonds is 65. The van der Waals surface area contributed by atoms with Crippen molar-refractivity contribution in [1.29, 1.82) is 0 Å². The molecule has 0 saturated heterocycles. The van der Waals surface area contributed by atoms with Crippen LogP contribution in [-0.4, -0.2) is 96.7 Å². The van der Waals surface area contributed by atoms with Crippen LogP contribution in [0.2, 0.25) is 0 Å². The Balaban J connectivity index is 5.22. The van der Waals surface area contributed by atoms with E-state index in [0.29, 0.717) is 31.6 Å². The molecule has 0 aliphatic heterocycles. The molecule has 0 amide bonds. The quantitative estimate of drug-likeness (QED) is 0.0222. The van der Waals surface area contributed by atoms with Crippen LogP contribution >= 0.6 is 15.6 Å². The fraction of sp³-hybridized carbons (Fsp3) is 0.938. The summed E-state index contributed by atoms with van der Waals surface area (Å²) in [4.78, 5) is 72.2. The molecule has 3 N–H and O–H groups in total. The molecule has 5 atom stereocenters. The van der Waals surface area contributed by atoms with Crippen molar-refractivity contribution in [2.24, 2.45) is 5.92 Å². The lowest BCUT2D eigenvalue weighted by molar-refractivity contribution is -0.161. The molecule has 17 nitrogen and oxygen atoms in total. The van der Waals surface area contributed by atoms with Crippen LogP contribution in [0.1, 0.15) is 330 Å². The molecule has 0 aromatic heterocycles. The van der Waals surface area contributed by atoms with Crippen LogP contribution in [0.5, 0.6) is 0 Å². The van der Waals surface area contributed by atoms with Gasteiger partial charge in [0.25, 0.3) is 0 Å². The third-order valence-electron chi connectivity index (χ3n) is 15.0. The first kappa shape index (κ1) is 82.1. The van der Waals surface area contributed by atoms with Crippen LogP contribution in [0.25, 0.3) is 0 Å². The number of phosphoric acid groups is 2. The molecule has 2 unspecified atom stereocenters. The third kappa shape index (κ3) is 59.0. The molecule has 0 rings (SSSR count). The second-order valence-corrected chi connectivity index (χ2v) is 26.9. The predicted molar refractivity (Wildman–Crippen MR) is 335 cm³/mol. The Morgan fingerprint density at radius 3 is 0.810 bits per heavy atom. The zero-order valence-corrected chi connectivity index (χ0v) is 55.8. The molecule has 0 spiro atoms. The molecule has 0 aliphatic rings. The maximum absolute atomic E-state index is 13.0. The van der Waals surface area contributed by atoms with Gasteiger partial charge in [-0.05, 0) is 31.6 Å². The van der Waals surface area contributed by atoms with Gasteiger partial charge in [-0.15, -0.1) is 0 Å². The van der Waals surface area contributed by atoms with Gasteiger partial charge in [0.1, 0.15) is 19.3 Å². The van der Waals surface area contributed by atoms with E-state index in [1.54, 1.807) is 0 Å². The molecule has 0 fully saturated rings. The summed E-state index contributed by atoms with van der Waals surface area (Å²) in [6, 6.07) is 0. The minimum absolute atomic E-state index is 0.103. The molecule has 0 aromatic carbocycles. The van der Waals surface area contributed by atoms with Crippen LogP contribution in [0.3, 0.4) is 0 Å². The zero-order chi connectivity index (χ0) is 62.0. The average Bonchev–Trinajstić information content (AvgIpc) is 3.60. The summed E-state index contributed by atoms with van der Waals surface area (Å²) >= 11 is 0. The summed E-state index contributed by atoms with van der Waals surface area (Å²) in [5.74, 6) is -1.44. The second-order valence-electron chi connectivity index (χ2n) is 24.0. The Labute approximate surface area is 511 Å². The Hall–Kier alpha value is -1.94. The molecule has 0 aromatic rings. The Bertz CT molecular complexity index is 1640. The number of aliphatic hydroxyl groups excluding tert-OH is 1. The summed E-state index contributed by atoms with van der Waals surface area (Å²) in [5, 5.41) is 10.5. The van der Waals surface area contributed by atoms with Gasteiger partial charge in [0.15, 0.2) is 12.2 Å². The number of unbranched alkanes of at least 4 members (excludes halogenated alkanes) is 37. The second kappa shape index (κ2) is 58.7. The largest absolute Gasteiger partial charge is 0.472 e. The normalized spacial score (nSPS) is 14.2. The van der Waals surface area contributed by atoms with Gasteiger partial charge in [-0.2, -0.15) is 0 Å². The van der Waals surface area contributed by atoms with E-state index in [-0.39, 0.29) is 25.7 Å². The minimum atomic E-state index is -4.94. The van der Waals surface area contributed by atoms with Gasteiger partial charge < -0.3 is 33.8 Å². The Morgan fingerprint density at radius 1 is 0.321 bits per heavy atom. The van der Waals surface area contributed by atoms with E-state index in [4.69, 9.17) is 37.0 Å². The highest BCUT2D eigenvalue weighted by Crippen LogP contribution is 2.45. The Morgan fingerprint density at radius 2 is 0.548 bits per heavy atom. The molecular weight excluding hydrogens is 1110 g/mol. The van der Waals surface area contributed by atoms with E-state index in [1.807, 2.05) is 0 Å². The number of carbonyl (C=O) groups excluding carboxylic acids is 4. The highest BCUT2D eigenvalue weighted by Gasteiger charge is 2.30. The van der Waals surface area contributed by atoms with Gasteiger partial charge in [0.2, 0.25) is 0 Å². The predicted octanol–water partition coefficient (Wildman–Crippen LogP) is 18.2. The highest BCUT2D eigenvalue weighted by atomic mass is 31.2. The van der Waals surface area contributed by atoms with Crippen molar-refractivity contribution in [3.8, 4) is 0 Å². The van der Waals surface area contributed by atoms with Crippen molar-refractivity contribution in [3.05, 3.63) is 0 Å². The van der Waals surface area contributed by atoms with Gasteiger partial charge in [-0.3, -0.25) is 37.3 Å². The van der Waals surface area contributed by atoms with E-state index in [0.717, 1.165) is 96.3 Å². The molecule has 498 valence electrons. The van der Waals surface area contributed by atoms with Gasteiger partial charge in [-0.1, -0.05) is 279 Å². The molecule has 0 saturated carbocycles. The number of esters is 4. The lowest BCUT2D eigenvalue weighted by Gasteiger charge is -2.21. The van der Waals surface area contributed by atoms with Crippen molar-refractivity contribution >= 4 is 39.5 Å². The molecule has 19 heteroatoms. The molecule has 0 aliphatic carbocycles. The third-order valence-corrected chi connectivity index (χ3v) is 16.9. The van der Waals surface area contributed by atoms with Crippen molar-refractivity contribution in [1.82, 2.24) is 0 Å². The molecule has 0 radical (unpaired) electrons. The zero-order valence-electron chi connectivity index (χ0n) is 54.0. The highest BCUT2D eigenvalue weighted by molar-refractivity contribution is 7.47. The van der Waals surface area contributed by atoms with Gasteiger partial charge >= 0.3 is 39.5 Å². The molecule has 0 heterocycles. The summed E-state index contributed by atoms with van der Waals surface area (Å²) in [6.07, 6.45) is 43.1. The van der Waals surface area contributed by atoms with E-state index < -0.39 is 97.5 Å². The van der Waals surface area contributed by atoms with Gasteiger partial charge in [-0.25, -0.2) is 9.13 Å². The summed E-state index contributed by atoms with van der Waals surface area (Å²) in [5.41, 5.74) is 0. The molecule has 84 heavy (non-hydrogen) atoms. The smallest absolute Gasteiger partial charge is 0.462 e. The molecular formula is C65H126O17P2. The number of hydrogen-bond acceptors (Lipinski definition) is 15. The first-order valence-electron chi connectivity index (χ1n) is 34.1. The first-order chi connectivity index (χ1) is 40.5. The van der Waals surface area contributed by atoms with Gasteiger partial charge in [0.05, 0.1) is 26.4 Å². The SMILES string of the molecule is CCCCCCCCCCCCCCCCC(=O)O[C@H](COC(=O)CCCCCCCCCCCCCC)COP(=O)(O)OC[C@@H](O)COP(=O)(O)OC[C@@H](COC(=O)CCCCCCCCCC)OC(=O)CCCCCCCCCC(C)C. The fourth-order valence-corrected chi connectivity index (χ4v) is 11.3. The first-order valence-corrected chi connectivity index (χ1v) is 37.1. The number of aliphatic hydroxyl groups is 1. The van der Waals surface area contributed by atoms with Crippen molar-refractivity contribution in [2.45, 2.75) is 348 Å². The standard InChI is InChI=1S/C65H126O17P2/c1-6-9-12-15-18-21-23-25-26-28-30-35-40-45-50-64(69)81-60(55-76-63(68)49-44-39-34-29-27-24-22-19-16-13-10-7-2)56-79-83(71,72)77-52-59(66)53-78-84(73,74)80-57-61(54-75-62(67)48-43-38-33-20-17-14-11-8-3)82-65(70)51-46-41-36-31-32-37-42-47-58(4)5/h58-61,66H,6-57H2,1-5H3,(H,71,72)(H,73,74)/t59-,60-,61-/m1/s1. The van der Waals surface area contributed by atoms with Crippen LogP contribution in [0.15, 0.2) is 0 Å². The van der Waals surface area contributed by atoms with E-state index in [2.05, 4.69) is 34.6 Å². The number of ether oxygens (including phenoxy) is 4. The minimum Gasteiger partial charge on any atom is -0.462 e. The number of phosphoric ester groups is 2. The lowest BCUT2D eigenvalue weighted by atomic mass is 10.0. The monoisotopic (exact) mass is 1240 g/mol.